The molecular weight excluding hydrogens is 412 g/mol. The van der Waals surface area contributed by atoms with E-state index in [9.17, 15) is 9.59 Å². The van der Waals surface area contributed by atoms with Gasteiger partial charge in [-0.2, -0.15) is 0 Å². The van der Waals surface area contributed by atoms with Crippen molar-refractivity contribution in [1.82, 2.24) is 19.8 Å². The SMILES string of the molecule is C[C@@H]1c2nc3ccccc3n2[C@@H](CC(=O)NCc2ccccc2)C(=O)N1Cc1ccccc1. The van der Waals surface area contributed by atoms with Crippen molar-refractivity contribution in [3.63, 3.8) is 0 Å². The average Bonchev–Trinajstić information content (AvgIpc) is 3.24. The lowest BCUT2D eigenvalue weighted by molar-refractivity contribution is -0.142. The summed E-state index contributed by atoms with van der Waals surface area (Å²) in [6.07, 6.45) is 0.0665. The highest BCUT2D eigenvalue weighted by molar-refractivity contribution is 5.90. The minimum Gasteiger partial charge on any atom is -0.352 e. The van der Waals surface area contributed by atoms with Gasteiger partial charge >= 0.3 is 0 Å². The van der Waals surface area contributed by atoms with Gasteiger partial charge in [-0.1, -0.05) is 72.8 Å². The molecule has 0 fully saturated rings. The molecule has 1 aromatic heterocycles. The van der Waals surface area contributed by atoms with Crippen LogP contribution in [-0.4, -0.2) is 26.3 Å². The fraction of sp³-hybridized carbons (Fsp3) is 0.222. The summed E-state index contributed by atoms with van der Waals surface area (Å²) in [5.41, 5.74) is 3.79. The zero-order valence-electron chi connectivity index (χ0n) is 18.5. The highest BCUT2D eigenvalue weighted by atomic mass is 16.2. The molecule has 5 rings (SSSR count). The van der Waals surface area contributed by atoms with Crippen LogP contribution in [0.3, 0.4) is 0 Å². The summed E-state index contributed by atoms with van der Waals surface area (Å²) < 4.78 is 1.96. The lowest BCUT2D eigenvalue weighted by atomic mass is 10.0. The second-order valence-corrected chi connectivity index (χ2v) is 8.44. The Kier molecular flexibility index (Phi) is 5.65. The Hall–Kier alpha value is -3.93. The third-order valence-corrected chi connectivity index (χ3v) is 6.25. The summed E-state index contributed by atoms with van der Waals surface area (Å²) in [4.78, 5) is 33.4. The van der Waals surface area contributed by atoms with E-state index in [1.807, 2.05) is 101 Å². The number of hydrogen-bond acceptors (Lipinski definition) is 3. The first-order valence-corrected chi connectivity index (χ1v) is 11.2. The third kappa shape index (κ3) is 4.12. The van der Waals surface area contributed by atoms with Gasteiger partial charge in [0.2, 0.25) is 11.8 Å². The van der Waals surface area contributed by atoms with Crippen molar-refractivity contribution in [3.8, 4) is 0 Å². The number of nitrogens with one attached hydrogen (secondary N) is 1. The lowest BCUT2D eigenvalue weighted by Crippen LogP contribution is -2.46. The quantitative estimate of drug-likeness (QED) is 0.486. The number of aromatic nitrogens is 2. The molecule has 0 radical (unpaired) electrons. The van der Waals surface area contributed by atoms with E-state index in [4.69, 9.17) is 4.98 Å². The Morgan fingerprint density at radius 1 is 0.909 bits per heavy atom. The predicted molar refractivity (Wildman–Crippen MR) is 127 cm³/mol. The molecule has 2 amide bonds. The summed E-state index contributed by atoms with van der Waals surface area (Å²) in [5, 5.41) is 2.97. The number of nitrogens with zero attached hydrogens (tertiary/aromatic N) is 3. The maximum atomic E-state index is 13.8. The number of imidazole rings is 1. The Bertz CT molecular complexity index is 1280. The van der Waals surface area contributed by atoms with E-state index in [1.165, 1.54) is 0 Å². The predicted octanol–water partition coefficient (Wildman–Crippen LogP) is 4.39. The average molecular weight is 439 g/mol. The highest BCUT2D eigenvalue weighted by Gasteiger charge is 2.40. The van der Waals surface area contributed by atoms with Crippen LogP contribution in [0.15, 0.2) is 84.9 Å². The summed E-state index contributed by atoms with van der Waals surface area (Å²) in [5.74, 6) is 0.597. The van der Waals surface area contributed by atoms with Crippen molar-refractivity contribution in [3.05, 3.63) is 102 Å². The van der Waals surface area contributed by atoms with Gasteiger partial charge in [-0.05, 0) is 30.2 Å². The number of para-hydroxylation sites is 2. The zero-order chi connectivity index (χ0) is 22.8. The van der Waals surface area contributed by atoms with E-state index in [1.54, 1.807) is 0 Å². The van der Waals surface area contributed by atoms with Crippen LogP contribution < -0.4 is 5.32 Å². The highest BCUT2D eigenvalue weighted by Crippen LogP contribution is 2.37. The molecule has 166 valence electrons. The van der Waals surface area contributed by atoms with Crippen LogP contribution in [-0.2, 0) is 22.7 Å². The molecule has 1 N–H and O–H groups in total. The third-order valence-electron chi connectivity index (χ3n) is 6.25. The molecule has 33 heavy (non-hydrogen) atoms. The van der Waals surface area contributed by atoms with E-state index >= 15 is 0 Å². The number of benzene rings is 3. The van der Waals surface area contributed by atoms with Gasteiger partial charge < -0.3 is 14.8 Å². The molecule has 6 nitrogen and oxygen atoms in total. The van der Waals surface area contributed by atoms with Crippen LogP contribution in [0.2, 0.25) is 0 Å². The van der Waals surface area contributed by atoms with Gasteiger partial charge in [-0.25, -0.2) is 4.98 Å². The maximum absolute atomic E-state index is 13.8. The van der Waals surface area contributed by atoms with E-state index in [-0.39, 0.29) is 24.3 Å². The Balaban J connectivity index is 1.46. The van der Waals surface area contributed by atoms with Crippen molar-refractivity contribution >= 4 is 22.8 Å². The summed E-state index contributed by atoms with van der Waals surface area (Å²) in [6, 6.07) is 26.7. The van der Waals surface area contributed by atoms with E-state index < -0.39 is 6.04 Å². The summed E-state index contributed by atoms with van der Waals surface area (Å²) in [6.45, 7) is 2.92. The van der Waals surface area contributed by atoms with Crippen LogP contribution in [0.4, 0.5) is 0 Å². The first-order valence-electron chi connectivity index (χ1n) is 11.2. The first kappa shape index (κ1) is 20.9. The van der Waals surface area contributed by atoms with E-state index in [2.05, 4.69) is 5.32 Å². The molecule has 2 heterocycles. The molecule has 1 aliphatic heterocycles. The second-order valence-electron chi connectivity index (χ2n) is 8.44. The molecule has 0 bridgehead atoms. The number of fused-ring (bicyclic) bond motifs is 3. The van der Waals surface area contributed by atoms with Crippen molar-refractivity contribution in [1.29, 1.82) is 0 Å². The minimum absolute atomic E-state index is 0.0585. The van der Waals surface area contributed by atoms with Crippen molar-refractivity contribution < 1.29 is 9.59 Å². The fourth-order valence-corrected chi connectivity index (χ4v) is 4.54. The molecular formula is C27H26N4O2. The van der Waals surface area contributed by atoms with Gasteiger partial charge in [-0.15, -0.1) is 0 Å². The Morgan fingerprint density at radius 3 is 2.27 bits per heavy atom. The number of carbonyl (C=O) groups excluding carboxylic acids is 2. The van der Waals surface area contributed by atoms with E-state index in [0.29, 0.717) is 13.1 Å². The summed E-state index contributed by atoms with van der Waals surface area (Å²) in [7, 11) is 0. The number of hydrogen-bond donors (Lipinski definition) is 1. The lowest BCUT2D eigenvalue weighted by Gasteiger charge is -2.38. The van der Waals surface area contributed by atoms with Gasteiger partial charge in [0.15, 0.2) is 0 Å². The molecule has 3 aromatic carbocycles. The zero-order valence-corrected chi connectivity index (χ0v) is 18.5. The molecule has 2 atom stereocenters. The van der Waals surface area contributed by atoms with Gasteiger partial charge in [0, 0.05) is 13.1 Å². The smallest absolute Gasteiger partial charge is 0.247 e. The number of amides is 2. The topological polar surface area (TPSA) is 67.2 Å². The van der Waals surface area contributed by atoms with Gasteiger partial charge in [0.05, 0.1) is 23.5 Å². The van der Waals surface area contributed by atoms with E-state index in [0.717, 1.165) is 28.0 Å². The largest absolute Gasteiger partial charge is 0.352 e. The maximum Gasteiger partial charge on any atom is 0.247 e. The van der Waals surface area contributed by atoms with Crippen LogP contribution >= 0.6 is 0 Å². The molecule has 0 saturated carbocycles. The van der Waals surface area contributed by atoms with Crippen molar-refractivity contribution in [2.75, 3.05) is 0 Å². The minimum atomic E-state index is -0.636. The standard InChI is InChI=1S/C27H26N4O2/c1-19-26-29-22-14-8-9-15-23(22)31(26)24(16-25(32)28-17-20-10-4-2-5-11-20)27(33)30(19)18-21-12-6-3-7-13-21/h2-15,19,24H,16-18H2,1H3,(H,28,32)/t19-,24+/m1/s1. The van der Waals surface area contributed by atoms with Crippen LogP contribution in [0, 0.1) is 0 Å². The Morgan fingerprint density at radius 2 is 1.55 bits per heavy atom. The molecule has 0 spiro atoms. The van der Waals surface area contributed by atoms with Crippen LogP contribution in [0.25, 0.3) is 11.0 Å². The molecule has 4 aromatic rings. The molecule has 0 unspecified atom stereocenters. The van der Waals surface area contributed by atoms with Crippen molar-refractivity contribution in [2.45, 2.75) is 38.5 Å². The number of carbonyl (C=O) groups is 2. The van der Waals surface area contributed by atoms with Gasteiger partial charge in [0.1, 0.15) is 11.9 Å². The normalized spacial score (nSPS) is 17.7. The molecule has 1 aliphatic rings. The molecule has 6 heteroatoms. The van der Waals surface area contributed by atoms with Gasteiger partial charge in [0.25, 0.3) is 0 Å². The monoisotopic (exact) mass is 438 g/mol. The first-order chi connectivity index (χ1) is 16.1. The number of rotatable bonds is 6. The van der Waals surface area contributed by atoms with Crippen LogP contribution in [0.5, 0.6) is 0 Å². The fourth-order valence-electron chi connectivity index (χ4n) is 4.54. The Labute approximate surface area is 192 Å². The second kappa shape index (κ2) is 8.90. The van der Waals surface area contributed by atoms with Gasteiger partial charge in [-0.3, -0.25) is 9.59 Å². The van der Waals surface area contributed by atoms with Crippen molar-refractivity contribution in [2.24, 2.45) is 0 Å². The molecule has 0 aliphatic carbocycles. The molecule has 0 saturated heterocycles. The van der Waals surface area contributed by atoms with Crippen LogP contribution in [0.1, 0.15) is 42.4 Å². The summed E-state index contributed by atoms with van der Waals surface area (Å²) >= 11 is 0.